The van der Waals surface area contributed by atoms with Crippen molar-refractivity contribution in [3.63, 3.8) is 0 Å². The lowest BCUT2D eigenvalue weighted by molar-refractivity contribution is -0.122. The zero-order chi connectivity index (χ0) is 12.6. The molecule has 0 aromatic heterocycles. The fraction of sp³-hybridized carbons (Fsp3) is 0.462. The normalized spacial score (nSPS) is 19.3. The number of benzene rings is 1. The minimum atomic E-state index is -0.692. The van der Waals surface area contributed by atoms with Crippen molar-refractivity contribution in [2.75, 3.05) is 17.3 Å². The van der Waals surface area contributed by atoms with Gasteiger partial charge in [0.1, 0.15) is 0 Å². The highest BCUT2D eigenvalue weighted by Gasteiger charge is 2.43. The summed E-state index contributed by atoms with van der Waals surface area (Å²) in [6.45, 7) is 4.06. The molecule has 1 aliphatic rings. The van der Waals surface area contributed by atoms with Gasteiger partial charge < -0.3 is 10.0 Å². The van der Waals surface area contributed by atoms with Crippen LogP contribution >= 0.6 is 11.6 Å². The number of carbonyl (C=O) groups excluding carboxylic acids is 1. The van der Waals surface area contributed by atoms with E-state index in [4.69, 9.17) is 11.6 Å². The first-order valence-corrected chi connectivity index (χ1v) is 6.17. The maximum absolute atomic E-state index is 12.3. The van der Waals surface area contributed by atoms with Crippen LogP contribution in [0, 0.1) is 0 Å². The third kappa shape index (κ3) is 1.94. The summed E-state index contributed by atoms with van der Waals surface area (Å²) in [5.74, 6) is 0.148. The molecular formula is C13H16ClNO2. The van der Waals surface area contributed by atoms with Crippen molar-refractivity contribution in [2.24, 2.45) is 0 Å². The highest BCUT2D eigenvalue weighted by Crippen LogP contribution is 2.41. The maximum Gasteiger partial charge on any atom is 0.237 e. The van der Waals surface area contributed by atoms with Crippen molar-refractivity contribution in [1.29, 1.82) is 0 Å². The highest BCUT2D eigenvalue weighted by atomic mass is 35.5. The summed E-state index contributed by atoms with van der Waals surface area (Å²) in [6.07, 6.45) is -0.692. The molecule has 1 atom stereocenters. The number of hydrogen-bond acceptors (Lipinski definition) is 2. The number of carbonyl (C=O) groups is 1. The second kappa shape index (κ2) is 4.31. The monoisotopic (exact) mass is 253 g/mol. The number of para-hydroxylation sites is 1. The molecule has 0 saturated heterocycles. The molecule has 1 N–H and O–H groups in total. The van der Waals surface area contributed by atoms with Gasteiger partial charge in [-0.25, -0.2) is 0 Å². The summed E-state index contributed by atoms with van der Waals surface area (Å²) in [7, 11) is 0. The number of aliphatic hydroxyl groups is 1. The molecule has 1 aromatic rings. The number of amides is 1. The quantitative estimate of drug-likeness (QED) is 0.836. The molecule has 1 aliphatic heterocycles. The molecule has 0 radical (unpaired) electrons. The van der Waals surface area contributed by atoms with Crippen molar-refractivity contribution >= 4 is 23.2 Å². The molecule has 3 nitrogen and oxygen atoms in total. The lowest BCUT2D eigenvalue weighted by atomic mass is 9.86. The predicted octanol–water partition coefficient (Wildman–Crippen LogP) is 1.91. The van der Waals surface area contributed by atoms with E-state index in [0.29, 0.717) is 0 Å². The van der Waals surface area contributed by atoms with Crippen molar-refractivity contribution in [1.82, 2.24) is 0 Å². The molecule has 92 valence electrons. The number of fused-ring (bicyclic) bond motifs is 1. The van der Waals surface area contributed by atoms with Crippen LogP contribution < -0.4 is 4.90 Å². The van der Waals surface area contributed by atoms with Gasteiger partial charge in [0.05, 0.1) is 23.9 Å². The van der Waals surface area contributed by atoms with Crippen molar-refractivity contribution in [2.45, 2.75) is 25.4 Å². The van der Waals surface area contributed by atoms with Gasteiger partial charge >= 0.3 is 0 Å². The Hall–Kier alpha value is -1.06. The van der Waals surface area contributed by atoms with Gasteiger partial charge in [-0.15, -0.1) is 11.6 Å². The smallest absolute Gasteiger partial charge is 0.237 e. The van der Waals surface area contributed by atoms with Gasteiger partial charge in [-0.3, -0.25) is 4.79 Å². The van der Waals surface area contributed by atoms with Crippen LogP contribution in [0.4, 0.5) is 5.69 Å². The van der Waals surface area contributed by atoms with Gasteiger partial charge in [0, 0.05) is 5.69 Å². The maximum atomic E-state index is 12.3. The van der Waals surface area contributed by atoms with Gasteiger partial charge in [-0.1, -0.05) is 18.2 Å². The number of anilines is 1. The molecule has 17 heavy (non-hydrogen) atoms. The first-order valence-electron chi connectivity index (χ1n) is 5.64. The number of hydrogen-bond donors (Lipinski definition) is 1. The van der Waals surface area contributed by atoms with Crippen LogP contribution in [0.1, 0.15) is 19.4 Å². The molecule has 0 aliphatic carbocycles. The summed E-state index contributed by atoms with van der Waals surface area (Å²) in [6, 6.07) is 7.69. The average Bonchev–Trinajstić information content (AvgIpc) is 2.51. The first kappa shape index (κ1) is 12.4. The number of rotatable bonds is 3. The van der Waals surface area contributed by atoms with E-state index in [1.165, 1.54) is 0 Å². The Morgan fingerprint density at radius 2 is 2.06 bits per heavy atom. The summed E-state index contributed by atoms with van der Waals surface area (Å²) in [5, 5.41) is 9.61. The van der Waals surface area contributed by atoms with E-state index in [1.54, 1.807) is 4.90 Å². The summed E-state index contributed by atoms with van der Waals surface area (Å²) >= 11 is 5.59. The highest BCUT2D eigenvalue weighted by molar-refractivity contribution is 6.18. The van der Waals surface area contributed by atoms with E-state index in [0.717, 1.165) is 11.3 Å². The average molecular weight is 254 g/mol. The molecule has 0 fully saturated rings. The number of nitrogens with zero attached hydrogens (tertiary/aromatic N) is 1. The van der Waals surface area contributed by atoms with Crippen LogP contribution in [0.3, 0.4) is 0 Å². The van der Waals surface area contributed by atoms with Crippen LogP contribution in [0.15, 0.2) is 24.3 Å². The number of aliphatic hydroxyl groups excluding tert-OH is 1. The van der Waals surface area contributed by atoms with Crippen molar-refractivity contribution < 1.29 is 9.90 Å². The van der Waals surface area contributed by atoms with Gasteiger partial charge in [0.2, 0.25) is 5.91 Å². The van der Waals surface area contributed by atoms with Crippen LogP contribution in [0.25, 0.3) is 0 Å². The Morgan fingerprint density at radius 3 is 2.71 bits per heavy atom. The predicted molar refractivity (Wildman–Crippen MR) is 68.5 cm³/mol. The summed E-state index contributed by atoms with van der Waals surface area (Å²) in [5.41, 5.74) is 1.36. The van der Waals surface area contributed by atoms with E-state index >= 15 is 0 Å². The van der Waals surface area contributed by atoms with Crippen LogP contribution in [0.5, 0.6) is 0 Å². The standard InChI is InChI=1S/C13H16ClNO2/c1-13(2)10-5-3-4-6-11(10)15(12(13)17)8-9(16)7-14/h3-6,9,16H,7-8H2,1-2H3. The van der Waals surface area contributed by atoms with Gasteiger partial charge in [0.15, 0.2) is 0 Å². The molecule has 0 bridgehead atoms. The molecule has 1 heterocycles. The minimum Gasteiger partial charge on any atom is -0.390 e. The summed E-state index contributed by atoms with van der Waals surface area (Å²) < 4.78 is 0. The third-order valence-corrected chi connectivity index (χ3v) is 3.58. The van der Waals surface area contributed by atoms with Crippen LogP contribution in [-0.2, 0) is 10.2 Å². The fourth-order valence-electron chi connectivity index (χ4n) is 2.24. The number of halogens is 1. The van der Waals surface area contributed by atoms with E-state index in [-0.39, 0.29) is 18.3 Å². The SMILES string of the molecule is CC1(C)C(=O)N(CC(O)CCl)c2ccccc21. The van der Waals surface area contributed by atoms with Crippen LogP contribution in [0.2, 0.25) is 0 Å². The lowest BCUT2D eigenvalue weighted by Crippen LogP contribution is -2.41. The largest absolute Gasteiger partial charge is 0.390 e. The molecule has 0 spiro atoms. The molecular weight excluding hydrogens is 238 g/mol. The number of β-amino-alcohol motifs (C(OH)–C–C–N with tert-alkyl or cyclic N) is 1. The second-order valence-electron chi connectivity index (χ2n) is 4.87. The number of alkyl halides is 1. The van der Waals surface area contributed by atoms with E-state index in [1.807, 2.05) is 38.1 Å². The molecule has 1 aromatic carbocycles. The Kier molecular flexibility index (Phi) is 3.15. The Labute approximate surface area is 106 Å². The van der Waals surface area contributed by atoms with E-state index in [2.05, 4.69) is 0 Å². The molecule has 0 saturated carbocycles. The first-order chi connectivity index (χ1) is 7.98. The third-order valence-electron chi connectivity index (χ3n) is 3.22. The minimum absolute atomic E-state index is 0.0165. The van der Waals surface area contributed by atoms with Gasteiger partial charge in [0.25, 0.3) is 0 Å². The summed E-state index contributed by atoms with van der Waals surface area (Å²) in [4.78, 5) is 13.9. The zero-order valence-corrected chi connectivity index (χ0v) is 10.7. The van der Waals surface area contributed by atoms with Crippen LogP contribution in [-0.4, -0.2) is 29.5 Å². The topological polar surface area (TPSA) is 40.5 Å². The molecule has 1 amide bonds. The molecule has 2 rings (SSSR count). The fourth-order valence-corrected chi connectivity index (χ4v) is 2.34. The van der Waals surface area contributed by atoms with Crippen molar-refractivity contribution in [3.05, 3.63) is 29.8 Å². The zero-order valence-electron chi connectivity index (χ0n) is 9.98. The molecule has 1 unspecified atom stereocenters. The van der Waals surface area contributed by atoms with Crippen molar-refractivity contribution in [3.8, 4) is 0 Å². The van der Waals surface area contributed by atoms with E-state index < -0.39 is 11.5 Å². The van der Waals surface area contributed by atoms with Gasteiger partial charge in [-0.05, 0) is 25.5 Å². The Bertz CT molecular complexity index is 445. The molecule has 4 heteroatoms. The Morgan fingerprint density at radius 1 is 1.41 bits per heavy atom. The second-order valence-corrected chi connectivity index (χ2v) is 5.17. The van der Waals surface area contributed by atoms with Gasteiger partial charge in [-0.2, -0.15) is 0 Å². The lowest BCUT2D eigenvalue weighted by Gasteiger charge is -2.22. The Balaban J connectivity index is 2.39. The van der Waals surface area contributed by atoms with E-state index in [9.17, 15) is 9.90 Å².